The zero-order chi connectivity index (χ0) is 20.8. The summed E-state index contributed by atoms with van der Waals surface area (Å²) in [6.45, 7) is 0.187. The summed E-state index contributed by atoms with van der Waals surface area (Å²) in [5.41, 5.74) is 1.92. The number of carbonyl (C=O) groups excluding carboxylic acids is 2. The molecule has 2 aromatic carbocycles. The topological polar surface area (TPSA) is 76.1 Å². The fraction of sp³-hybridized carbons (Fsp3) is 0.273. The van der Waals surface area contributed by atoms with E-state index in [1.165, 1.54) is 23.8 Å². The summed E-state index contributed by atoms with van der Waals surface area (Å²) in [4.78, 5) is 27.8. The Morgan fingerprint density at radius 1 is 0.966 bits per heavy atom. The molecule has 0 saturated heterocycles. The van der Waals surface area contributed by atoms with Gasteiger partial charge >= 0.3 is 0 Å². The lowest BCUT2D eigenvalue weighted by atomic mass is 10.0. The van der Waals surface area contributed by atoms with Crippen molar-refractivity contribution < 1.29 is 24.2 Å². The second-order valence-electron chi connectivity index (χ2n) is 6.34. The van der Waals surface area contributed by atoms with Gasteiger partial charge in [-0.25, -0.2) is 0 Å². The molecule has 7 heteroatoms. The number of hydrogen-bond acceptors (Lipinski definition) is 6. The number of thioether (sulfide) groups is 1. The van der Waals surface area contributed by atoms with Gasteiger partial charge in [-0.1, -0.05) is 30.3 Å². The minimum atomic E-state index is -0.339. The Hall–Kier alpha value is -2.77. The number of ether oxygens (including phenoxy) is 2. The summed E-state index contributed by atoms with van der Waals surface area (Å²) < 4.78 is 10.6. The molecule has 3 rings (SSSR count). The van der Waals surface area contributed by atoms with Crippen molar-refractivity contribution in [2.45, 2.75) is 6.42 Å². The van der Waals surface area contributed by atoms with Gasteiger partial charge < -0.3 is 14.6 Å². The van der Waals surface area contributed by atoms with Crippen molar-refractivity contribution in [2.24, 2.45) is 0 Å². The van der Waals surface area contributed by atoms with Gasteiger partial charge in [0, 0.05) is 17.9 Å². The number of amides is 2. The second kappa shape index (κ2) is 9.62. The molecule has 152 valence electrons. The van der Waals surface area contributed by atoms with E-state index in [0.29, 0.717) is 34.0 Å². The first kappa shape index (κ1) is 21.0. The molecule has 0 atom stereocenters. The third-order valence-corrected chi connectivity index (χ3v) is 5.68. The molecule has 0 fully saturated rings. The quantitative estimate of drug-likeness (QED) is 0.637. The Morgan fingerprint density at radius 2 is 1.69 bits per heavy atom. The average molecular weight is 413 g/mol. The van der Waals surface area contributed by atoms with Gasteiger partial charge in [0.15, 0.2) is 0 Å². The number of carbonyl (C=O) groups is 2. The van der Waals surface area contributed by atoms with Crippen molar-refractivity contribution in [3.63, 3.8) is 0 Å². The van der Waals surface area contributed by atoms with Crippen LogP contribution in [0.25, 0.3) is 5.57 Å². The monoisotopic (exact) mass is 413 g/mol. The van der Waals surface area contributed by atoms with E-state index in [4.69, 9.17) is 9.47 Å². The molecule has 0 saturated carbocycles. The van der Waals surface area contributed by atoms with E-state index in [1.807, 2.05) is 30.3 Å². The standard InChI is InChI=1S/C22H23NO5S/c1-27-16-9-7-15(8-10-16)11-12-23-21(25)19(20(22(23)26)29-14-13-24)17-5-3-4-6-18(17)28-2/h3-10,24H,11-14H2,1-2H3. The van der Waals surface area contributed by atoms with Crippen LogP contribution < -0.4 is 9.47 Å². The summed E-state index contributed by atoms with van der Waals surface area (Å²) in [6.07, 6.45) is 0.540. The first-order chi connectivity index (χ1) is 14.1. The highest BCUT2D eigenvalue weighted by Crippen LogP contribution is 2.39. The lowest BCUT2D eigenvalue weighted by Gasteiger charge is -2.15. The van der Waals surface area contributed by atoms with Crippen LogP contribution in [0.3, 0.4) is 0 Å². The van der Waals surface area contributed by atoms with E-state index in [9.17, 15) is 14.7 Å². The second-order valence-corrected chi connectivity index (χ2v) is 7.44. The van der Waals surface area contributed by atoms with Crippen molar-refractivity contribution in [3.05, 3.63) is 64.6 Å². The number of methoxy groups -OCH3 is 2. The van der Waals surface area contributed by atoms with Crippen LogP contribution in [-0.4, -0.2) is 54.9 Å². The van der Waals surface area contributed by atoms with Crippen LogP contribution in [0.15, 0.2) is 53.4 Å². The predicted molar refractivity (Wildman–Crippen MR) is 113 cm³/mol. The number of hydrogen-bond donors (Lipinski definition) is 1. The summed E-state index contributed by atoms with van der Waals surface area (Å²) in [6, 6.07) is 14.7. The van der Waals surface area contributed by atoms with Crippen LogP contribution in [0.1, 0.15) is 11.1 Å². The third-order valence-electron chi connectivity index (χ3n) is 4.62. The van der Waals surface area contributed by atoms with Gasteiger partial charge in [0.05, 0.1) is 31.3 Å². The minimum Gasteiger partial charge on any atom is -0.497 e. The van der Waals surface area contributed by atoms with E-state index < -0.39 is 0 Å². The minimum absolute atomic E-state index is 0.0826. The SMILES string of the molecule is COc1ccc(CCN2C(=O)C(SCCO)=C(c3ccccc3OC)C2=O)cc1. The molecular weight excluding hydrogens is 390 g/mol. The number of aliphatic hydroxyl groups excluding tert-OH is 1. The average Bonchev–Trinajstić information content (AvgIpc) is 2.99. The molecule has 0 unspecified atom stereocenters. The van der Waals surface area contributed by atoms with E-state index in [2.05, 4.69) is 0 Å². The van der Waals surface area contributed by atoms with Crippen LogP contribution in [0.5, 0.6) is 11.5 Å². The first-order valence-electron chi connectivity index (χ1n) is 9.21. The van der Waals surface area contributed by atoms with Gasteiger partial charge in [-0.2, -0.15) is 0 Å². The Morgan fingerprint density at radius 3 is 2.34 bits per heavy atom. The summed E-state index contributed by atoms with van der Waals surface area (Å²) in [7, 11) is 3.13. The fourth-order valence-electron chi connectivity index (χ4n) is 3.16. The van der Waals surface area contributed by atoms with Crippen molar-refractivity contribution in [1.29, 1.82) is 0 Å². The molecule has 0 aromatic heterocycles. The summed E-state index contributed by atoms with van der Waals surface area (Å²) >= 11 is 1.19. The Kier molecular flexibility index (Phi) is 6.95. The maximum Gasteiger partial charge on any atom is 0.267 e. The maximum absolute atomic E-state index is 13.2. The summed E-state index contributed by atoms with van der Waals surface area (Å²) in [5, 5.41) is 9.21. The van der Waals surface area contributed by atoms with Crippen molar-refractivity contribution in [1.82, 2.24) is 4.90 Å². The maximum atomic E-state index is 13.2. The molecule has 1 aliphatic heterocycles. The Balaban J connectivity index is 1.86. The van der Waals surface area contributed by atoms with Crippen LogP contribution in [0, 0.1) is 0 Å². The number of nitrogens with zero attached hydrogens (tertiary/aromatic N) is 1. The van der Waals surface area contributed by atoms with Crippen molar-refractivity contribution in [2.75, 3.05) is 33.1 Å². The zero-order valence-corrected chi connectivity index (χ0v) is 17.2. The highest BCUT2D eigenvalue weighted by molar-refractivity contribution is 8.04. The van der Waals surface area contributed by atoms with E-state index in [0.717, 1.165) is 11.3 Å². The zero-order valence-electron chi connectivity index (χ0n) is 16.4. The lowest BCUT2D eigenvalue weighted by Crippen LogP contribution is -2.33. The lowest BCUT2D eigenvalue weighted by molar-refractivity contribution is -0.136. The third kappa shape index (κ3) is 4.46. The first-order valence-corrected chi connectivity index (χ1v) is 10.2. The molecule has 6 nitrogen and oxygen atoms in total. The molecule has 0 bridgehead atoms. The molecule has 0 radical (unpaired) electrons. The highest BCUT2D eigenvalue weighted by Gasteiger charge is 2.39. The molecule has 1 N–H and O–H groups in total. The molecular formula is C22H23NO5S. The van der Waals surface area contributed by atoms with Gasteiger partial charge in [0.25, 0.3) is 11.8 Å². The predicted octanol–water partition coefficient (Wildman–Crippen LogP) is 2.75. The fourth-order valence-corrected chi connectivity index (χ4v) is 4.03. The smallest absolute Gasteiger partial charge is 0.267 e. The van der Waals surface area contributed by atoms with Gasteiger partial charge in [-0.3, -0.25) is 14.5 Å². The molecule has 2 aromatic rings. The van der Waals surface area contributed by atoms with Gasteiger partial charge in [-0.05, 0) is 30.2 Å². The van der Waals surface area contributed by atoms with E-state index >= 15 is 0 Å². The van der Waals surface area contributed by atoms with Crippen molar-refractivity contribution >= 4 is 29.1 Å². The van der Waals surface area contributed by atoms with Crippen LogP contribution in [0.2, 0.25) is 0 Å². The molecule has 0 aliphatic carbocycles. The molecule has 1 aliphatic rings. The Labute approximate surface area is 174 Å². The van der Waals surface area contributed by atoms with Gasteiger partial charge in [0.1, 0.15) is 11.5 Å². The normalized spacial score (nSPS) is 14.0. The van der Waals surface area contributed by atoms with E-state index in [-0.39, 0.29) is 25.0 Å². The van der Waals surface area contributed by atoms with Crippen molar-refractivity contribution in [3.8, 4) is 11.5 Å². The number of rotatable bonds is 9. The molecule has 29 heavy (non-hydrogen) atoms. The van der Waals surface area contributed by atoms with Gasteiger partial charge in [0.2, 0.25) is 0 Å². The van der Waals surface area contributed by atoms with Gasteiger partial charge in [-0.15, -0.1) is 11.8 Å². The highest BCUT2D eigenvalue weighted by atomic mass is 32.2. The number of aliphatic hydroxyl groups is 1. The molecule has 2 amide bonds. The number of para-hydroxylation sites is 1. The summed E-state index contributed by atoms with van der Waals surface area (Å²) in [5.74, 6) is 0.947. The molecule has 1 heterocycles. The van der Waals surface area contributed by atoms with Crippen LogP contribution >= 0.6 is 11.8 Å². The molecule has 0 spiro atoms. The number of benzene rings is 2. The Bertz CT molecular complexity index is 923. The van der Waals surface area contributed by atoms with Crippen LogP contribution in [-0.2, 0) is 16.0 Å². The van der Waals surface area contributed by atoms with Crippen LogP contribution in [0.4, 0.5) is 0 Å². The largest absolute Gasteiger partial charge is 0.497 e. The number of imide groups is 1. The van der Waals surface area contributed by atoms with E-state index in [1.54, 1.807) is 25.3 Å².